The van der Waals surface area contributed by atoms with Gasteiger partial charge in [0, 0.05) is 11.3 Å². The molecule has 0 aliphatic rings. The van der Waals surface area contributed by atoms with Crippen molar-refractivity contribution in [2.24, 2.45) is 0 Å². The molecule has 0 bridgehead atoms. The third-order valence-electron chi connectivity index (χ3n) is 2.54. The van der Waals surface area contributed by atoms with E-state index < -0.39 is 15.7 Å². The molecule has 0 saturated carbocycles. The van der Waals surface area contributed by atoms with Crippen LogP contribution in [0.15, 0.2) is 53.4 Å². The van der Waals surface area contributed by atoms with Crippen LogP contribution in [0.5, 0.6) is 0 Å². The predicted molar refractivity (Wildman–Crippen MR) is 68.1 cm³/mol. The summed E-state index contributed by atoms with van der Waals surface area (Å²) in [4.78, 5) is 0.139. The molecule has 5 heteroatoms. The van der Waals surface area contributed by atoms with E-state index in [9.17, 15) is 12.8 Å². The van der Waals surface area contributed by atoms with Gasteiger partial charge in [0.1, 0.15) is 5.82 Å². The van der Waals surface area contributed by atoms with Gasteiger partial charge in [-0.2, -0.15) is 0 Å². The molecule has 0 aliphatic heterocycles. The number of rotatable bonds is 3. The average Bonchev–Trinajstić information content (AvgIpc) is 2.32. The van der Waals surface area contributed by atoms with Gasteiger partial charge in [-0.05, 0) is 30.3 Å². The van der Waals surface area contributed by atoms with Crippen LogP contribution in [0.1, 0.15) is 5.56 Å². The highest BCUT2D eigenvalue weighted by molar-refractivity contribution is 7.90. The van der Waals surface area contributed by atoms with Crippen LogP contribution < -0.4 is 5.73 Å². The Hall–Kier alpha value is -1.88. The zero-order valence-electron chi connectivity index (χ0n) is 9.51. The Bertz CT molecular complexity index is 651. The molecule has 0 aromatic heterocycles. The van der Waals surface area contributed by atoms with E-state index in [1.807, 2.05) is 0 Å². The smallest absolute Gasteiger partial charge is 0.182 e. The van der Waals surface area contributed by atoms with Crippen molar-refractivity contribution in [3.05, 3.63) is 59.9 Å². The fraction of sp³-hybridized carbons (Fsp3) is 0.0769. The van der Waals surface area contributed by atoms with Crippen molar-refractivity contribution in [2.75, 3.05) is 5.73 Å². The van der Waals surface area contributed by atoms with Crippen molar-refractivity contribution < 1.29 is 12.8 Å². The number of hydrogen-bond donors (Lipinski definition) is 1. The second-order valence-corrected chi connectivity index (χ2v) is 5.91. The quantitative estimate of drug-likeness (QED) is 0.867. The maximum Gasteiger partial charge on any atom is 0.182 e. The highest BCUT2D eigenvalue weighted by atomic mass is 32.2. The minimum atomic E-state index is -3.55. The largest absolute Gasteiger partial charge is 0.399 e. The molecule has 0 spiro atoms. The fourth-order valence-electron chi connectivity index (χ4n) is 1.58. The molecular weight excluding hydrogens is 253 g/mol. The van der Waals surface area contributed by atoms with E-state index in [4.69, 9.17) is 5.73 Å². The van der Waals surface area contributed by atoms with Gasteiger partial charge in [-0.15, -0.1) is 0 Å². The van der Waals surface area contributed by atoms with E-state index in [-0.39, 0.29) is 16.2 Å². The second kappa shape index (κ2) is 4.78. The first-order valence-electron chi connectivity index (χ1n) is 5.31. The zero-order valence-corrected chi connectivity index (χ0v) is 10.3. The van der Waals surface area contributed by atoms with E-state index >= 15 is 0 Å². The molecule has 2 N–H and O–H groups in total. The van der Waals surface area contributed by atoms with Crippen molar-refractivity contribution in [3.8, 4) is 0 Å². The maximum atomic E-state index is 13.4. The average molecular weight is 265 g/mol. The van der Waals surface area contributed by atoms with Crippen LogP contribution in [0.3, 0.4) is 0 Å². The first kappa shape index (κ1) is 12.6. The molecule has 2 rings (SSSR count). The van der Waals surface area contributed by atoms with Crippen molar-refractivity contribution >= 4 is 15.5 Å². The summed E-state index contributed by atoms with van der Waals surface area (Å²) in [6.07, 6.45) is 0. The lowest BCUT2D eigenvalue weighted by molar-refractivity contribution is 0.587. The summed E-state index contributed by atoms with van der Waals surface area (Å²) in [7, 11) is -3.55. The minimum Gasteiger partial charge on any atom is -0.399 e. The molecule has 18 heavy (non-hydrogen) atoms. The zero-order chi connectivity index (χ0) is 13.2. The Morgan fingerprint density at radius 3 is 2.22 bits per heavy atom. The third-order valence-corrected chi connectivity index (χ3v) is 4.22. The van der Waals surface area contributed by atoms with Crippen molar-refractivity contribution in [1.29, 1.82) is 0 Å². The van der Waals surface area contributed by atoms with E-state index in [1.165, 1.54) is 42.5 Å². The van der Waals surface area contributed by atoms with Crippen LogP contribution in [0.2, 0.25) is 0 Å². The minimum absolute atomic E-state index is 0.139. The SMILES string of the molecule is Nc1ccc(S(=O)(=O)Cc2ccccc2F)cc1. The summed E-state index contributed by atoms with van der Waals surface area (Å²) in [5, 5.41) is 0. The standard InChI is InChI=1S/C13H12FNO2S/c14-13-4-2-1-3-10(13)9-18(16,17)12-7-5-11(15)6-8-12/h1-8H,9,15H2. The Kier molecular flexibility index (Phi) is 3.34. The van der Waals surface area contributed by atoms with E-state index in [0.29, 0.717) is 5.69 Å². The number of halogens is 1. The monoisotopic (exact) mass is 265 g/mol. The van der Waals surface area contributed by atoms with Gasteiger partial charge < -0.3 is 5.73 Å². The summed E-state index contributed by atoms with van der Waals surface area (Å²) in [6.45, 7) is 0. The Morgan fingerprint density at radius 2 is 1.61 bits per heavy atom. The molecular formula is C13H12FNO2S. The van der Waals surface area contributed by atoms with Gasteiger partial charge in [0.2, 0.25) is 0 Å². The number of anilines is 1. The molecule has 0 unspecified atom stereocenters. The van der Waals surface area contributed by atoms with Gasteiger partial charge in [-0.25, -0.2) is 12.8 Å². The molecule has 0 amide bonds. The molecule has 2 aromatic rings. The lowest BCUT2D eigenvalue weighted by Crippen LogP contribution is -2.06. The molecule has 0 aliphatic carbocycles. The van der Waals surface area contributed by atoms with Gasteiger partial charge in [0.25, 0.3) is 0 Å². The summed E-state index contributed by atoms with van der Waals surface area (Å²) >= 11 is 0. The molecule has 0 radical (unpaired) electrons. The molecule has 2 aromatic carbocycles. The molecule has 94 valence electrons. The van der Waals surface area contributed by atoms with Crippen LogP contribution in [-0.4, -0.2) is 8.42 Å². The predicted octanol–water partition coefficient (Wildman–Crippen LogP) is 2.38. The van der Waals surface area contributed by atoms with E-state index in [1.54, 1.807) is 6.07 Å². The summed E-state index contributed by atoms with van der Waals surface area (Å²) < 4.78 is 37.5. The molecule has 3 nitrogen and oxygen atoms in total. The van der Waals surface area contributed by atoms with Gasteiger partial charge in [0.15, 0.2) is 9.84 Å². The van der Waals surface area contributed by atoms with Gasteiger partial charge in [0.05, 0.1) is 10.6 Å². The maximum absolute atomic E-state index is 13.4. The summed E-state index contributed by atoms with van der Waals surface area (Å²) in [6, 6.07) is 11.7. The number of nitrogens with two attached hydrogens (primary N) is 1. The van der Waals surface area contributed by atoms with Crippen LogP contribution in [0.25, 0.3) is 0 Å². The lowest BCUT2D eigenvalue weighted by atomic mass is 10.2. The molecule has 0 atom stereocenters. The van der Waals surface area contributed by atoms with Gasteiger partial charge in [-0.1, -0.05) is 18.2 Å². The number of sulfone groups is 1. The highest BCUT2D eigenvalue weighted by Gasteiger charge is 2.17. The number of nitrogen functional groups attached to an aromatic ring is 1. The van der Waals surface area contributed by atoms with Crippen molar-refractivity contribution in [2.45, 2.75) is 10.6 Å². The second-order valence-electron chi connectivity index (χ2n) is 3.92. The lowest BCUT2D eigenvalue weighted by Gasteiger charge is -2.06. The summed E-state index contributed by atoms with van der Waals surface area (Å²) in [5.74, 6) is -0.875. The Balaban J connectivity index is 2.33. The Morgan fingerprint density at radius 1 is 1.00 bits per heavy atom. The normalized spacial score (nSPS) is 11.4. The highest BCUT2D eigenvalue weighted by Crippen LogP contribution is 2.19. The molecule has 0 saturated heterocycles. The number of hydrogen-bond acceptors (Lipinski definition) is 3. The number of benzene rings is 2. The van der Waals surface area contributed by atoms with Crippen LogP contribution in [0, 0.1) is 5.82 Å². The van der Waals surface area contributed by atoms with Gasteiger partial charge >= 0.3 is 0 Å². The van der Waals surface area contributed by atoms with Crippen molar-refractivity contribution in [1.82, 2.24) is 0 Å². The first-order chi connectivity index (χ1) is 8.49. The Labute approximate surface area is 105 Å². The molecule has 0 fully saturated rings. The van der Waals surface area contributed by atoms with E-state index in [0.717, 1.165) is 0 Å². The summed E-state index contributed by atoms with van der Waals surface area (Å²) in [5.41, 5.74) is 6.14. The van der Waals surface area contributed by atoms with Crippen molar-refractivity contribution in [3.63, 3.8) is 0 Å². The topological polar surface area (TPSA) is 60.2 Å². The van der Waals surface area contributed by atoms with Crippen LogP contribution in [-0.2, 0) is 15.6 Å². The van der Waals surface area contributed by atoms with Crippen LogP contribution in [0.4, 0.5) is 10.1 Å². The third kappa shape index (κ3) is 2.68. The first-order valence-corrected chi connectivity index (χ1v) is 6.96. The van der Waals surface area contributed by atoms with E-state index in [2.05, 4.69) is 0 Å². The van der Waals surface area contributed by atoms with Gasteiger partial charge in [-0.3, -0.25) is 0 Å². The fourth-order valence-corrected chi connectivity index (χ4v) is 2.94. The van der Waals surface area contributed by atoms with Crippen LogP contribution >= 0.6 is 0 Å². The molecule has 0 heterocycles.